The number of hydrogen-bond donors (Lipinski definition) is 1. The van der Waals surface area contributed by atoms with Crippen LogP contribution in [0.2, 0.25) is 0 Å². The van der Waals surface area contributed by atoms with Gasteiger partial charge in [-0.2, -0.15) is 0 Å². The van der Waals surface area contributed by atoms with Gasteiger partial charge in [0.25, 0.3) is 5.91 Å². The smallest absolute Gasteiger partial charge is 0.255 e. The third-order valence-corrected chi connectivity index (χ3v) is 8.09. The Morgan fingerprint density at radius 3 is 2.68 bits per heavy atom. The molecule has 4 rings (SSSR count). The van der Waals surface area contributed by atoms with Gasteiger partial charge >= 0.3 is 0 Å². The lowest BCUT2D eigenvalue weighted by atomic mass is 10.0. The molecule has 1 fully saturated rings. The van der Waals surface area contributed by atoms with Gasteiger partial charge < -0.3 is 10.2 Å². The molecule has 1 aliphatic carbocycles. The summed E-state index contributed by atoms with van der Waals surface area (Å²) < 4.78 is 12.7. The fraction of sp³-hybridized carbons (Fsp3) is 0.440. The van der Waals surface area contributed by atoms with Crippen LogP contribution in [-0.2, 0) is 27.8 Å². The minimum absolute atomic E-state index is 0.110. The molecule has 6 heteroatoms. The van der Waals surface area contributed by atoms with Crippen molar-refractivity contribution in [1.29, 1.82) is 0 Å². The molecule has 2 aromatic rings. The molecule has 0 saturated heterocycles. The second-order valence-electron chi connectivity index (χ2n) is 8.43. The summed E-state index contributed by atoms with van der Waals surface area (Å²) in [4.78, 5) is 26.7. The maximum absolute atomic E-state index is 12.8. The van der Waals surface area contributed by atoms with E-state index in [9.17, 15) is 13.8 Å². The van der Waals surface area contributed by atoms with Crippen LogP contribution < -0.4 is 10.2 Å². The van der Waals surface area contributed by atoms with Crippen molar-refractivity contribution in [1.82, 2.24) is 0 Å². The summed E-state index contributed by atoms with van der Waals surface area (Å²) in [6.45, 7) is 2.54. The van der Waals surface area contributed by atoms with Crippen LogP contribution in [0.3, 0.4) is 0 Å². The van der Waals surface area contributed by atoms with Crippen LogP contribution in [0, 0.1) is 0 Å². The Labute approximate surface area is 186 Å². The lowest BCUT2D eigenvalue weighted by molar-refractivity contribution is -0.118. The molecule has 1 aliphatic heterocycles. The molecule has 0 spiro atoms. The predicted octanol–water partition coefficient (Wildman–Crippen LogP) is 4.82. The van der Waals surface area contributed by atoms with E-state index < -0.39 is 10.8 Å². The molecule has 0 bridgehead atoms. The fourth-order valence-corrected chi connectivity index (χ4v) is 6.15. The minimum atomic E-state index is -0.868. The Morgan fingerprint density at radius 2 is 1.90 bits per heavy atom. The van der Waals surface area contributed by atoms with Crippen LogP contribution >= 0.6 is 0 Å². The number of amides is 2. The predicted molar refractivity (Wildman–Crippen MR) is 126 cm³/mol. The Bertz CT molecular complexity index is 998. The first kappa shape index (κ1) is 21.8. The van der Waals surface area contributed by atoms with Crippen molar-refractivity contribution >= 4 is 34.0 Å². The lowest BCUT2D eigenvalue weighted by Crippen LogP contribution is -2.27. The van der Waals surface area contributed by atoms with Crippen molar-refractivity contribution < 1.29 is 13.8 Å². The molecule has 1 saturated carbocycles. The number of hydrogen-bond acceptors (Lipinski definition) is 3. The zero-order chi connectivity index (χ0) is 21.8. The standard InChI is InChI=1S/C25H30N2O3S/c1-2-24(28)27-14-13-19-16-20(11-12-23(19)27)25(29)26-21-8-6-7-18(15-21)17-31(30)22-9-4-3-5-10-22/h6-8,11-12,15-16,22H,2-5,9-10,13-14,17H2,1H3,(H,26,29). The third kappa shape index (κ3) is 5.06. The van der Waals surface area contributed by atoms with E-state index in [-0.39, 0.29) is 11.8 Å². The number of carbonyl (C=O) groups is 2. The van der Waals surface area contributed by atoms with Crippen molar-refractivity contribution in [3.8, 4) is 0 Å². The van der Waals surface area contributed by atoms with E-state index in [2.05, 4.69) is 5.32 Å². The average molecular weight is 439 g/mol. The van der Waals surface area contributed by atoms with Gasteiger partial charge in [-0.05, 0) is 60.7 Å². The van der Waals surface area contributed by atoms with Gasteiger partial charge in [-0.1, -0.05) is 38.3 Å². The van der Waals surface area contributed by atoms with E-state index in [0.29, 0.717) is 35.2 Å². The number of benzene rings is 2. The van der Waals surface area contributed by atoms with Gasteiger partial charge in [0.15, 0.2) is 0 Å². The molecule has 1 N–H and O–H groups in total. The highest BCUT2D eigenvalue weighted by molar-refractivity contribution is 7.84. The second kappa shape index (κ2) is 9.77. The van der Waals surface area contributed by atoms with Crippen molar-refractivity contribution in [3.63, 3.8) is 0 Å². The van der Waals surface area contributed by atoms with Gasteiger partial charge in [-0.25, -0.2) is 0 Å². The topological polar surface area (TPSA) is 66.5 Å². The summed E-state index contributed by atoms with van der Waals surface area (Å²) >= 11 is 0. The zero-order valence-electron chi connectivity index (χ0n) is 18.1. The van der Waals surface area contributed by atoms with Gasteiger partial charge in [0, 0.05) is 51.7 Å². The first-order valence-corrected chi connectivity index (χ1v) is 12.6. The van der Waals surface area contributed by atoms with E-state index in [1.54, 1.807) is 11.0 Å². The van der Waals surface area contributed by atoms with Gasteiger partial charge in [0.1, 0.15) is 0 Å². The second-order valence-corrected chi connectivity index (χ2v) is 10.1. The molecule has 2 aliphatic rings. The Balaban J connectivity index is 1.41. The van der Waals surface area contributed by atoms with Gasteiger partial charge in [0.2, 0.25) is 5.91 Å². The molecule has 164 valence electrons. The molecule has 1 heterocycles. The summed E-state index contributed by atoms with van der Waals surface area (Å²) in [7, 11) is -0.868. The largest absolute Gasteiger partial charge is 0.322 e. The number of carbonyl (C=O) groups excluding carboxylic acids is 2. The highest BCUT2D eigenvalue weighted by atomic mass is 32.2. The van der Waals surface area contributed by atoms with E-state index in [0.717, 1.165) is 36.1 Å². The van der Waals surface area contributed by atoms with Gasteiger partial charge in [-0.3, -0.25) is 13.8 Å². The molecular formula is C25H30N2O3S. The first-order chi connectivity index (χ1) is 15.0. The number of nitrogens with zero attached hydrogens (tertiary/aromatic N) is 1. The van der Waals surface area contributed by atoms with Crippen molar-refractivity contribution in [2.75, 3.05) is 16.8 Å². The van der Waals surface area contributed by atoms with Gasteiger partial charge in [-0.15, -0.1) is 0 Å². The average Bonchev–Trinajstić information content (AvgIpc) is 3.22. The summed E-state index contributed by atoms with van der Waals surface area (Å²) in [5.74, 6) is 0.473. The van der Waals surface area contributed by atoms with Crippen molar-refractivity contribution in [2.24, 2.45) is 0 Å². The zero-order valence-corrected chi connectivity index (χ0v) is 18.9. The number of fused-ring (bicyclic) bond motifs is 1. The lowest BCUT2D eigenvalue weighted by Gasteiger charge is -2.21. The van der Waals surface area contributed by atoms with Crippen LogP contribution in [-0.4, -0.2) is 27.8 Å². The van der Waals surface area contributed by atoms with E-state index in [1.165, 1.54) is 19.3 Å². The molecule has 0 radical (unpaired) electrons. The summed E-state index contributed by atoms with van der Waals surface area (Å²) in [6.07, 6.45) is 6.97. The number of nitrogens with one attached hydrogen (secondary N) is 1. The Morgan fingerprint density at radius 1 is 1.10 bits per heavy atom. The quantitative estimate of drug-likeness (QED) is 0.703. The fourth-order valence-electron chi connectivity index (χ4n) is 4.55. The van der Waals surface area contributed by atoms with Crippen molar-refractivity contribution in [3.05, 3.63) is 59.2 Å². The van der Waals surface area contributed by atoms with Gasteiger partial charge in [0.05, 0.1) is 0 Å². The third-order valence-electron chi connectivity index (χ3n) is 6.26. The maximum Gasteiger partial charge on any atom is 0.255 e. The number of anilines is 2. The van der Waals surface area contributed by atoms with Crippen LogP contribution in [0.5, 0.6) is 0 Å². The Kier molecular flexibility index (Phi) is 6.86. The normalized spacial score (nSPS) is 17.3. The van der Waals surface area contributed by atoms with Crippen LogP contribution in [0.25, 0.3) is 0 Å². The molecule has 1 unspecified atom stereocenters. The molecule has 1 atom stereocenters. The molecular weight excluding hydrogens is 408 g/mol. The molecule has 2 aromatic carbocycles. The SMILES string of the molecule is CCC(=O)N1CCc2cc(C(=O)Nc3cccc(CS(=O)C4CCCCC4)c3)ccc21. The van der Waals surface area contributed by atoms with Crippen LogP contribution in [0.15, 0.2) is 42.5 Å². The summed E-state index contributed by atoms with van der Waals surface area (Å²) in [6, 6.07) is 13.2. The summed E-state index contributed by atoms with van der Waals surface area (Å²) in [5.41, 5.74) is 4.23. The summed E-state index contributed by atoms with van der Waals surface area (Å²) in [5, 5.41) is 3.27. The van der Waals surface area contributed by atoms with Crippen LogP contribution in [0.1, 0.15) is 66.9 Å². The van der Waals surface area contributed by atoms with Crippen molar-refractivity contribution in [2.45, 2.75) is 62.9 Å². The first-order valence-electron chi connectivity index (χ1n) is 11.3. The molecule has 0 aromatic heterocycles. The number of rotatable bonds is 6. The van der Waals surface area contributed by atoms with E-state index in [4.69, 9.17) is 0 Å². The highest BCUT2D eigenvalue weighted by Crippen LogP contribution is 2.30. The molecule has 5 nitrogen and oxygen atoms in total. The minimum Gasteiger partial charge on any atom is -0.322 e. The molecule has 2 amide bonds. The highest BCUT2D eigenvalue weighted by Gasteiger charge is 2.24. The monoisotopic (exact) mass is 438 g/mol. The molecule has 31 heavy (non-hydrogen) atoms. The van der Waals surface area contributed by atoms with E-state index >= 15 is 0 Å². The Hall–Kier alpha value is -2.47. The van der Waals surface area contributed by atoms with Crippen LogP contribution in [0.4, 0.5) is 11.4 Å². The van der Waals surface area contributed by atoms with E-state index in [1.807, 2.05) is 43.3 Å². The maximum atomic E-state index is 12.8.